The van der Waals surface area contributed by atoms with Crippen LogP contribution in [0.2, 0.25) is 0 Å². The van der Waals surface area contributed by atoms with Gasteiger partial charge in [-0.25, -0.2) is 4.68 Å². The molecule has 0 saturated heterocycles. The second kappa shape index (κ2) is 5.70. The molecule has 0 bridgehead atoms. The Morgan fingerprint density at radius 3 is 3.00 bits per heavy atom. The molecule has 5 rings (SSSR count). The van der Waals surface area contributed by atoms with Crippen LogP contribution in [0.15, 0.2) is 60.9 Å². The summed E-state index contributed by atoms with van der Waals surface area (Å²) in [6, 6.07) is 13.8. The maximum absolute atomic E-state index is 11.1. The Morgan fingerprint density at radius 2 is 2.08 bits per heavy atom. The van der Waals surface area contributed by atoms with Crippen LogP contribution in [0.1, 0.15) is 5.56 Å². The molecule has 6 nitrogen and oxygen atoms in total. The molecule has 26 heavy (non-hydrogen) atoms. The van der Waals surface area contributed by atoms with E-state index in [1.807, 2.05) is 60.9 Å². The van der Waals surface area contributed by atoms with E-state index >= 15 is 0 Å². The summed E-state index contributed by atoms with van der Waals surface area (Å²) in [6.45, 7) is 0. The molecule has 1 unspecified atom stereocenters. The van der Waals surface area contributed by atoms with Crippen LogP contribution < -0.4 is 4.74 Å². The Balaban J connectivity index is 1.61. The smallest absolute Gasteiger partial charge is 0.172 e. The van der Waals surface area contributed by atoms with E-state index in [4.69, 9.17) is 4.74 Å². The largest absolute Gasteiger partial charge is 0.476 e. The number of benzene rings is 2. The highest BCUT2D eigenvalue weighted by molar-refractivity contribution is 5.93. The van der Waals surface area contributed by atoms with Crippen LogP contribution in [0, 0.1) is 0 Å². The number of H-pyrrole nitrogens is 1. The number of nitrogens with zero attached hydrogens (tertiary/aromatic N) is 3. The van der Waals surface area contributed by atoms with Gasteiger partial charge in [0, 0.05) is 22.7 Å². The van der Waals surface area contributed by atoms with Crippen molar-refractivity contribution in [2.45, 2.75) is 6.10 Å². The number of hydrogen-bond acceptors (Lipinski definition) is 4. The summed E-state index contributed by atoms with van der Waals surface area (Å²) in [5.74, 6) is 0.627. The third-order valence-corrected chi connectivity index (χ3v) is 4.48. The summed E-state index contributed by atoms with van der Waals surface area (Å²) in [5.41, 5.74) is 4.42. The number of aldehydes is 1. The van der Waals surface area contributed by atoms with Crippen molar-refractivity contribution in [1.82, 2.24) is 20.0 Å². The summed E-state index contributed by atoms with van der Waals surface area (Å²) in [6.07, 6.45) is 7.58. The Labute approximate surface area is 148 Å². The van der Waals surface area contributed by atoms with Gasteiger partial charge in [0.1, 0.15) is 11.4 Å². The first-order valence-electron chi connectivity index (χ1n) is 8.26. The molecule has 6 heteroatoms. The van der Waals surface area contributed by atoms with E-state index in [-0.39, 0.29) is 0 Å². The Bertz CT molecular complexity index is 1160. The third-order valence-electron chi connectivity index (χ3n) is 4.48. The van der Waals surface area contributed by atoms with Gasteiger partial charge in [0.05, 0.1) is 11.7 Å². The lowest BCUT2D eigenvalue weighted by molar-refractivity contribution is -0.112. The fourth-order valence-corrected chi connectivity index (χ4v) is 3.23. The Kier molecular flexibility index (Phi) is 3.21. The maximum Gasteiger partial charge on any atom is 0.172 e. The molecular formula is C20H14N4O2. The van der Waals surface area contributed by atoms with Gasteiger partial charge in [-0.3, -0.25) is 4.79 Å². The van der Waals surface area contributed by atoms with Gasteiger partial charge in [0.15, 0.2) is 18.1 Å². The van der Waals surface area contributed by atoms with Crippen molar-refractivity contribution in [1.29, 1.82) is 0 Å². The number of ether oxygens (including phenoxy) is 1. The second-order valence-corrected chi connectivity index (χ2v) is 6.07. The summed E-state index contributed by atoms with van der Waals surface area (Å²) in [7, 11) is 0. The zero-order chi connectivity index (χ0) is 17.5. The van der Waals surface area contributed by atoms with E-state index in [0.717, 1.165) is 39.7 Å². The SMILES string of the molecule is O=CC1C=Cc2cccc(-n3cc(-c4cccc5cc[nH]c45)nn3)c2O1. The van der Waals surface area contributed by atoms with Gasteiger partial charge in [0.2, 0.25) is 0 Å². The summed E-state index contributed by atoms with van der Waals surface area (Å²) in [5, 5.41) is 9.73. The van der Waals surface area contributed by atoms with Crippen LogP contribution in [0.3, 0.4) is 0 Å². The fraction of sp³-hybridized carbons (Fsp3) is 0.0500. The zero-order valence-electron chi connectivity index (χ0n) is 13.7. The van der Waals surface area contributed by atoms with Crippen molar-refractivity contribution < 1.29 is 9.53 Å². The molecule has 126 valence electrons. The van der Waals surface area contributed by atoms with Gasteiger partial charge in [0.25, 0.3) is 0 Å². The lowest BCUT2D eigenvalue weighted by Crippen LogP contribution is -2.19. The molecule has 1 aliphatic heterocycles. The topological polar surface area (TPSA) is 72.8 Å². The minimum absolute atomic E-state index is 0.584. The molecule has 4 aromatic rings. The van der Waals surface area contributed by atoms with Gasteiger partial charge in [-0.2, -0.15) is 0 Å². The van der Waals surface area contributed by atoms with Gasteiger partial charge in [-0.05, 0) is 18.2 Å². The van der Waals surface area contributed by atoms with Gasteiger partial charge in [-0.1, -0.05) is 41.6 Å². The normalized spacial score (nSPS) is 15.6. The minimum Gasteiger partial charge on any atom is -0.476 e. The van der Waals surface area contributed by atoms with Crippen molar-refractivity contribution in [3.8, 4) is 22.7 Å². The van der Waals surface area contributed by atoms with E-state index in [9.17, 15) is 4.79 Å². The van der Waals surface area contributed by atoms with E-state index in [1.165, 1.54) is 0 Å². The lowest BCUT2D eigenvalue weighted by Gasteiger charge is -2.19. The van der Waals surface area contributed by atoms with Crippen LogP contribution in [-0.2, 0) is 4.79 Å². The molecule has 0 spiro atoms. The molecule has 0 saturated carbocycles. The van der Waals surface area contributed by atoms with Crippen LogP contribution in [-0.4, -0.2) is 32.4 Å². The van der Waals surface area contributed by atoms with E-state index in [2.05, 4.69) is 15.3 Å². The van der Waals surface area contributed by atoms with Crippen LogP contribution >= 0.6 is 0 Å². The van der Waals surface area contributed by atoms with Crippen molar-refractivity contribution in [2.75, 3.05) is 0 Å². The molecule has 1 aliphatic rings. The molecular weight excluding hydrogens is 328 g/mol. The highest BCUT2D eigenvalue weighted by atomic mass is 16.5. The number of para-hydroxylation sites is 2. The first-order chi connectivity index (χ1) is 12.8. The lowest BCUT2D eigenvalue weighted by atomic mass is 10.1. The van der Waals surface area contributed by atoms with Gasteiger partial charge >= 0.3 is 0 Å². The number of carbonyl (C=O) groups excluding carboxylic acids is 1. The molecule has 3 heterocycles. The first-order valence-corrected chi connectivity index (χ1v) is 8.26. The van der Waals surface area contributed by atoms with Crippen molar-refractivity contribution >= 4 is 23.3 Å². The van der Waals surface area contributed by atoms with Crippen molar-refractivity contribution in [2.24, 2.45) is 0 Å². The predicted molar refractivity (Wildman–Crippen MR) is 98.2 cm³/mol. The molecule has 2 aromatic carbocycles. The molecule has 0 radical (unpaired) electrons. The third kappa shape index (κ3) is 2.23. The summed E-state index contributed by atoms with van der Waals surface area (Å²) in [4.78, 5) is 14.3. The quantitative estimate of drug-likeness (QED) is 0.579. The molecule has 1 N–H and O–H groups in total. The Morgan fingerprint density at radius 1 is 1.15 bits per heavy atom. The van der Waals surface area contributed by atoms with Crippen molar-refractivity contribution in [3.05, 3.63) is 66.5 Å². The molecule has 1 atom stereocenters. The molecule has 0 aliphatic carbocycles. The van der Waals surface area contributed by atoms with Crippen LogP contribution in [0.4, 0.5) is 0 Å². The highest BCUT2D eigenvalue weighted by Crippen LogP contribution is 2.33. The van der Waals surface area contributed by atoms with E-state index in [1.54, 1.807) is 10.8 Å². The molecule has 0 fully saturated rings. The van der Waals surface area contributed by atoms with Crippen LogP contribution in [0.5, 0.6) is 5.75 Å². The van der Waals surface area contributed by atoms with Crippen LogP contribution in [0.25, 0.3) is 33.9 Å². The monoisotopic (exact) mass is 342 g/mol. The first kappa shape index (κ1) is 14.7. The van der Waals surface area contributed by atoms with Gasteiger partial charge in [-0.15, -0.1) is 5.10 Å². The number of aromatic nitrogens is 4. The average molecular weight is 342 g/mol. The second-order valence-electron chi connectivity index (χ2n) is 6.07. The number of hydrogen-bond donors (Lipinski definition) is 1. The summed E-state index contributed by atoms with van der Waals surface area (Å²) >= 11 is 0. The van der Waals surface area contributed by atoms with Gasteiger partial charge < -0.3 is 9.72 Å². The van der Waals surface area contributed by atoms with Crippen molar-refractivity contribution in [3.63, 3.8) is 0 Å². The number of rotatable bonds is 3. The fourth-order valence-electron chi connectivity index (χ4n) is 3.23. The standard InChI is InChI=1S/C20H14N4O2/c25-12-15-8-7-14-4-2-6-18(20(14)26-15)24-11-17(22-23-24)16-5-1-3-13-9-10-21-19(13)16/h1-12,15,21H. The minimum atomic E-state index is -0.584. The summed E-state index contributed by atoms with van der Waals surface area (Å²) < 4.78 is 7.47. The highest BCUT2D eigenvalue weighted by Gasteiger charge is 2.19. The molecule has 2 aromatic heterocycles. The number of nitrogens with one attached hydrogen (secondary N) is 1. The average Bonchev–Trinajstić information content (AvgIpc) is 3.36. The number of fused-ring (bicyclic) bond motifs is 2. The molecule has 0 amide bonds. The zero-order valence-corrected chi connectivity index (χ0v) is 13.7. The van der Waals surface area contributed by atoms with E-state index in [0.29, 0.717) is 5.75 Å². The maximum atomic E-state index is 11.1. The number of carbonyl (C=O) groups is 1. The predicted octanol–water partition coefficient (Wildman–Crippen LogP) is 3.39. The van der Waals surface area contributed by atoms with E-state index < -0.39 is 6.10 Å². The Hall–Kier alpha value is -3.67. The number of aromatic amines is 1.